The van der Waals surface area contributed by atoms with Gasteiger partial charge in [0.15, 0.2) is 15.9 Å². The molecule has 1 saturated heterocycles. The Balaban J connectivity index is 1.93. The minimum Gasteiger partial charge on any atom is -0.449 e. The van der Waals surface area contributed by atoms with Crippen LogP contribution < -0.4 is 0 Å². The van der Waals surface area contributed by atoms with Crippen LogP contribution in [0.15, 0.2) is 23.6 Å². The number of likely N-dealkylation sites (N-methyl/N-ethyl adjacent to an activating group) is 1. The lowest BCUT2D eigenvalue weighted by Gasteiger charge is -2.29. The van der Waals surface area contributed by atoms with Crippen LogP contribution in [0, 0.1) is 0 Å². The number of amides is 1. The average molecular weight is 371 g/mol. The second-order valence-corrected chi connectivity index (χ2v) is 8.82. The molecule has 0 spiro atoms. The molecule has 0 N–H and O–H groups in total. The molecule has 0 aromatic carbocycles. The topological polar surface area (TPSA) is 80.8 Å². The van der Waals surface area contributed by atoms with E-state index in [-0.39, 0.29) is 23.5 Å². The third-order valence-electron chi connectivity index (χ3n) is 3.84. The molecule has 0 radical (unpaired) electrons. The second kappa shape index (κ2) is 7.94. The lowest BCUT2D eigenvalue weighted by atomic mass is 10.2. The minimum atomic E-state index is -3.08. The van der Waals surface area contributed by atoms with Crippen molar-refractivity contribution in [1.29, 1.82) is 0 Å². The first-order chi connectivity index (χ1) is 11.3. The number of ether oxygens (including phenoxy) is 1. The molecule has 2 rings (SSSR count). The summed E-state index contributed by atoms with van der Waals surface area (Å²) >= 11 is 1.49. The number of hydrogen-bond acceptors (Lipinski definition) is 6. The van der Waals surface area contributed by atoms with E-state index in [1.165, 1.54) is 29.2 Å². The van der Waals surface area contributed by atoms with E-state index < -0.39 is 21.9 Å². The van der Waals surface area contributed by atoms with E-state index in [4.69, 9.17) is 4.74 Å². The molecule has 132 valence electrons. The molecule has 0 saturated carbocycles. The Hall–Kier alpha value is -1.67. The van der Waals surface area contributed by atoms with E-state index in [0.29, 0.717) is 13.0 Å². The Morgan fingerprint density at radius 1 is 1.50 bits per heavy atom. The summed E-state index contributed by atoms with van der Waals surface area (Å²) in [5.41, 5.74) is 0. The van der Waals surface area contributed by atoms with Crippen LogP contribution in [-0.2, 0) is 24.2 Å². The molecule has 1 amide bonds. The SMILES string of the molecule is CCN(C(=O)[C@@H](C)OC(=O)/C=C/c1cccs1)[C@@H]1CCS(=O)(=O)C1. The van der Waals surface area contributed by atoms with Crippen LogP contribution in [0.25, 0.3) is 6.08 Å². The minimum absolute atomic E-state index is 0.0223. The van der Waals surface area contributed by atoms with Gasteiger partial charge in [0.25, 0.3) is 5.91 Å². The predicted molar refractivity (Wildman–Crippen MR) is 93.4 cm³/mol. The summed E-state index contributed by atoms with van der Waals surface area (Å²) in [5.74, 6) is -0.887. The van der Waals surface area contributed by atoms with Gasteiger partial charge < -0.3 is 9.64 Å². The van der Waals surface area contributed by atoms with Crippen LogP contribution >= 0.6 is 11.3 Å². The first kappa shape index (κ1) is 18.7. The smallest absolute Gasteiger partial charge is 0.331 e. The fraction of sp³-hybridized carbons (Fsp3) is 0.500. The van der Waals surface area contributed by atoms with Crippen molar-refractivity contribution in [3.05, 3.63) is 28.5 Å². The Labute approximate surface area is 146 Å². The van der Waals surface area contributed by atoms with Crippen molar-refractivity contribution in [3.8, 4) is 0 Å². The molecule has 1 aliphatic heterocycles. The van der Waals surface area contributed by atoms with Gasteiger partial charge in [0.05, 0.1) is 11.5 Å². The van der Waals surface area contributed by atoms with Gasteiger partial charge in [-0.25, -0.2) is 13.2 Å². The van der Waals surface area contributed by atoms with Gasteiger partial charge in [-0.05, 0) is 37.8 Å². The number of carbonyl (C=O) groups is 2. The number of sulfone groups is 1. The van der Waals surface area contributed by atoms with Gasteiger partial charge in [-0.1, -0.05) is 6.07 Å². The molecule has 1 aromatic rings. The largest absolute Gasteiger partial charge is 0.449 e. The van der Waals surface area contributed by atoms with Gasteiger partial charge >= 0.3 is 5.97 Å². The molecule has 1 aliphatic rings. The summed E-state index contributed by atoms with van der Waals surface area (Å²) in [6.07, 6.45) is 2.40. The fourth-order valence-corrected chi connectivity index (χ4v) is 5.00. The third kappa shape index (κ3) is 4.91. The molecular weight excluding hydrogens is 350 g/mol. The van der Waals surface area contributed by atoms with Gasteiger partial charge in [0.2, 0.25) is 0 Å². The number of hydrogen-bond donors (Lipinski definition) is 0. The van der Waals surface area contributed by atoms with Gasteiger partial charge in [-0.15, -0.1) is 11.3 Å². The van der Waals surface area contributed by atoms with E-state index in [0.717, 1.165) is 4.88 Å². The van der Waals surface area contributed by atoms with Gasteiger partial charge in [0.1, 0.15) is 0 Å². The highest BCUT2D eigenvalue weighted by molar-refractivity contribution is 7.91. The van der Waals surface area contributed by atoms with E-state index in [1.54, 1.807) is 13.0 Å². The van der Waals surface area contributed by atoms with Crippen LogP contribution in [0.1, 0.15) is 25.1 Å². The Morgan fingerprint density at radius 3 is 2.79 bits per heavy atom. The van der Waals surface area contributed by atoms with Crippen LogP contribution in [-0.4, -0.2) is 55.4 Å². The van der Waals surface area contributed by atoms with Gasteiger partial charge in [-0.2, -0.15) is 0 Å². The highest BCUT2D eigenvalue weighted by Crippen LogP contribution is 2.19. The lowest BCUT2D eigenvalue weighted by molar-refractivity contribution is -0.156. The van der Waals surface area contributed by atoms with Crippen molar-refractivity contribution in [2.24, 2.45) is 0 Å². The standard InChI is InChI=1S/C16H21NO5S2/c1-3-17(13-8-10-24(20,21)11-13)16(19)12(2)22-15(18)7-6-14-5-4-9-23-14/h4-7,9,12-13H,3,8,10-11H2,1-2H3/b7-6+/t12-,13-/m1/s1. The van der Waals surface area contributed by atoms with Crippen LogP contribution in [0.4, 0.5) is 0 Å². The fourth-order valence-electron chi connectivity index (χ4n) is 2.65. The zero-order valence-electron chi connectivity index (χ0n) is 13.7. The van der Waals surface area contributed by atoms with Crippen molar-refractivity contribution in [2.75, 3.05) is 18.1 Å². The van der Waals surface area contributed by atoms with E-state index in [1.807, 2.05) is 17.5 Å². The molecule has 2 atom stereocenters. The maximum absolute atomic E-state index is 12.5. The summed E-state index contributed by atoms with van der Waals surface area (Å²) in [4.78, 5) is 26.7. The van der Waals surface area contributed by atoms with Crippen LogP contribution in [0.3, 0.4) is 0 Å². The van der Waals surface area contributed by atoms with Crippen LogP contribution in [0.5, 0.6) is 0 Å². The maximum Gasteiger partial charge on any atom is 0.331 e. The summed E-state index contributed by atoms with van der Waals surface area (Å²) in [6, 6.07) is 3.40. The van der Waals surface area contributed by atoms with Gasteiger partial charge in [-0.3, -0.25) is 4.79 Å². The first-order valence-electron chi connectivity index (χ1n) is 7.75. The monoisotopic (exact) mass is 371 g/mol. The molecule has 1 fully saturated rings. The first-order valence-corrected chi connectivity index (χ1v) is 10.5. The summed E-state index contributed by atoms with van der Waals surface area (Å²) in [5, 5.41) is 1.89. The van der Waals surface area contributed by atoms with Crippen molar-refractivity contribution in [3.63, 3.8) is 0 Å². The summed E-state index contributed by atoms with van der Waals surface area (Å²) < 4.78 is 28.3. The number of carbonyl (C=O) groups excluding carboxylic acids is 2. The highest BCUT2D eigenvalue weighted by Gasteiger charge is 2.35. The lowest BCUT2D eigenvalue weighted by Crippen LogP contribution is -2.46. The normalized spacial score (nSPS) is 20.8. The number of rotatable bonds is 6. The molecule has 2 heterocycles. The molecule has 8 heteroatoms. The second-order valence-electron chi connectivity index (χ2n) is 5.61. The average Bonchev–Trinajstić information content (AvgIpc) is 3.15. The molecule has 24 heavy (non-hydrogen) atoms. The Kier molecular flexibility index (Phi) is 6.17. The number of esters is 1. The molecule has 0 unspecified atom stereocenters. The zero-order valence-corrected chi connectivity index (χ0v) is 15.3. The highest BCUT2D eigenvalue weighted by atomic mass is 32.2. The van der Waals surface area contributed by atoms with Crippen molar-refractivity contribution < 1.29 is 22.7 Å². The van der Waals surface area contributed by atoms with Crippen molar-refractivity contribution in [2.45, 2.75) is 32.4 Å². The molecular formula is C16H21NO5S2. The molecule has 6 nitrogen and oxygen atoms in total. The molecule has 0 bridgehead atoms. The van der Waals surface area contributed by atoms with Crippen molar-refractivity contribution >= 4 is 39.1 Å². The Bertz CT molecular complexity index is 709. The summed E-state index contributed by atoms with van der Waals surface area (Å²) in [6.45, 7) is 3.67. The van der Waals surface area contributed by atoms with E-state index in [9.17, 15) is 18.0 Å². The zero-order chi connectivity index (χ0) is 17.7. The molecule has 0 aliphatic carbocycles. The summed E-state index contributed by atoms with van der Waals surface area (Å²) in [7, 11) is -3.08. The van der Waals surface area contributed by atoms with Crippen LogP contribution in [0.2, 0.25) is 0 Å². The quantitative estimate of drug-likeness (QED) is 0.562. The van der Waals surface area contributed by atoms with E-state index in [2.05, 4.69) is 0 Å². The van der Waals surface area contributed by atoms with E-state index >= 15 is 0 Å². The maximum atomic E-state index is 12.5. The Morgan fingerprint density at radius 2 is 2.25 bits per heavy atom. The molecule has 1 aromatic heterocycles. The third-order valence-corrected chi connectivity index (χ3v) is 6.43. The number of thiophene rings is 1. The van der Waals surface area contributed by atoms with Crippen molar-refractivity contribution in [1.82, 2.24) is 4.90 Å². The predicted octanol–water partition coefficient (Wildman–Crippen LogP) is 1.73. The van der Waals surface area contributed by atoms with Gasteiger partial charge in [0, 0.05) is 23.5 Å². The number of nitrogens with zero attached hydrogens (tertiary/aromatic N) is 1.